The molecule has 1 amide bonds. The Hall–Kier alpha value is -1.85. The molecule has 0 aromatic heterocycles. The van der Waals surface area contributed by atoms with E-state index in [0.29, 0.717) is 5.56 Å². The molecule has 23 heavy (non-hydrogen) atoms. The molecule has 1 aromatic rings. The maximum absolute atomic E-state index is 12.6. The Morgan fingerprint density at radius 3 is 2.39 bits per heavy atom. The summed E-state index contributed by atoms with van der Waals surface area (Å²) in [6, 6.07) is 4.52. The second-order valence-corrected chi connectivity index (χ2v) is 5.81. The predicted octanol–water partition coefficient (Wildman–Crippen LogP) is 4.09. The quantitative estimate of drug-likeness (QED) is 0.765. The Bertz CT molecular complexity index is 529. The van der Waals surface area contributed by atoms with E-state index in [1.54, 1.807) is 11.9 Å². The molecule has 0 bridgehead atoms. The van der Waals surface area contributed by atoms with Crippen LogP contribution in [0.2, 0.25) is 0 Å². The average molecular weight is 327 g/mol. The van der Waals surface area contributed by atoms with E-state index in [1.807, 2.05) is 0 Å². The minimum Gasteiger partial charge on any atom is -0.493 e. The summed E-state index contributed by atoms with van der Waals surface area (Å²) in [6.07, 6.45) is 6.70. The van der Waals surface area contributed by atoms with Crippen LogP contribution in [0.4, 0.5) is 8.78 Å². The summed E-state index contributed by atoms with van der Waals surface area (Å²) >= 11 is 0. The number of benzene rings is 1. The van der Waals surface area contributed by atoms with Gasteiger partial charge in [-0.3, -0.25) is 4.79 Å². The van der Waals surface area contributed by atoms with Crippen molar-refractivity contribution in [3.05, 3.63) is 23.8 Å². The topological polar surface area (TPSA) is 38.8 Å². The first-order chi connectivity index (χ1) is 11.0. The van der Waals surface area contributed by atoms with Crippen LogP contribution in [0.25, 0.3) is 0 Å². The summed E-state index contributed by atoms with van der Waals surface area (Å²) in [7, 11) is 3.16. The van der Waals surface area contributed by atoms with Gasteiger partial charge in [0, 0.05) is 18.7 Å². The molecule has 0 aliphatic heterocycles. The lowest BCUT2D eigenvalue weighted by Crippen LogP contribution is -2.36. The lowest BCUT2D eigenvalue weighted by atomic mass is 10.1. The Kier molecular flexibility index (Phi) is 6.19. The van der Waals surface area contributed by atoms with Crippen molar-refractivity contribution in [1.29, 1.82) is 0 Å². The van der Waals surface area contributed by atoms with Gasteiger partial charge in [0.1, 0.15) is 0 Å². The Balaban J connectivity index is 2.14. The fourth-order valence-electron chi connectivity index (χ4n) is 3.01. The molecular formula is C17H23F2NO3. The van der Waals surface area contributed by atoms with Crippen LogP contribution >= 0.6 is 0 Å². The first-order valence-electron chi connectivity index (χ1n) is 7.93. The predicted molar refractivity (Wildman–Crippen MR) is 83.2 cm³/mol. The van der Waals surface area contributed by atoms with E-state index in [0.717, 1.165) is 25.7 Å². The van der Waals surface area contributed by atoms with Crippen molar-refractivity contribution in [3.63, 3.8) is 0 Å². The van der Waals surface area contributed by atoms with Gasteiger partial charge in [0.05, 0.1) is 7.11 Å². The smallest absolute Gasteiger partial charge is 0.387 e. The van der Waals surface area contributed by atoms with Crippen molar-refractivity contribution in [2.24, 2.45) is 0 Å². The van der Waals surface area contributed by atoms with Crippen LogP contribution in [-0.4, -0.2) is 37.6 Å². The molecule has 2 rings (SSSR count). The van der Waals surface area contributed by atoms with Gasteiger partial charge in [0.25, 0.3) is 5.91 Å². The molecule has 1 aliphatic carbocycles. The monoisotopic (exact) mass is 327 g/mol. The van der Waals surface area contributed by atoms with E-state index in [-0.39, 0.29) is 23.4 Å². The zero-order valence-corrected chi connectivity index (χ0v) is 13.6. The van der Waals surface area contributed by atoms with E-state index in [2.05, 4.69) is 4.74 Å². The van der Waals surface area contributed by atoms with Crippen LogP contribution in [0.15, 0.2) is 18.2 Å². The maximum atomic E-state index is 12.6. The Labute approximate surface area is 135 Å². The van der Waals surface area contributed by atoms with Crippen molar-refractivity contribution < 1.29 is 23.0 Å². The van der Waals surface area contributed by atoms with Crippen LogP contribution < -0.4 is 9.47 Å². The molecule has 0 radical (unpaired) electrons. The molecule has 1 saturated carbocycles. The van der Waals surface area contributed by atoms with Gasteiger partial charge >= 0.3 is 6.61 Å². The molecule has 6 heteroatoms. The second kappa shape index (κ2) is 8.13. The number of carbonyl (C=O) groups is 1. The molecule has 1 fully saturated rings. The van der Waals surface area contributed by atoms with Crippen LogP contribution in [0.3, 0.4) is 0 Å². The second-order valence-electron chi connectivity index (χ2n) is 5.81. The highest BCUT2D eigenvalue weighted by atomic mass is 19.3. The normalized spacial score (nSPS) is 16.0. The molecule has 0 spiro atoms. The van der Waals surface area contributed by atoms with Crippen LogP contribution in [-0.2, 0) is 0 Å². The van der Waals surface area contributed by atoms with Crippen molar-refractivity contribution in [3.8, 4) is 11.5 Å². The molecular weight excluding hydrogens is 304 g/mol. The molecule has 0 heterocycles. The summed E-state index contributed by atoms with van der Waals surface area (Å²) in [5.74, 6) is -0.0691. The average Bonchev–Trinajstić information content (AvgIpc) is 2.82. The van der Waals surface area contributed by atoms with Crippen molar-refractivity contribution >= 4 is 5.91 Å². The highest BCUT2D eigenvalue weighted by Crippen LogP contribution is 2.30. The van der Waals surface area contributed by atoms with Gasteiger partial charge in [-0.2, -0.15) is 8.78 Å². The Morgan fingerprint density at radius 2 is 1.83 bits per heavy atom. The number of ether oxygens (including phenoxy) is 2. The molecule has 128 valence electrons. The number of hydrogen-bond acceptors (Lipinski definition) is 3. The summed E-state index contributed by atoms with van der Waals surface area (Å²) in [4.78, 5) is 14.4. The van der Waals surface area contributed by atoms with E-state index >= 15 is 0 Å². The van der Waals surface area contributed by atoms with Gasteiger partial charge in [-0.1, -0.05) is 25.7 Å². The standard InChI is InChI=1S/C17H23F2NO3/c1-20(13-7-5-3-4-6-8-13)16(21)12-9-10-14(23-17(18)19)15(11-12)22-2/h9-11,13,17H,3-8H2,1-2H3. The zero-order chi connectivity index (χ0) is 16.8. The summed E-state index contributed by atoms with van der Waals surface area (Å²) < 4.78 is 34.1. The number of halogens is 2. The molecule has 1 aromatic carbocycles. The number of nitrogens with zero attached hydrogens (tertiary/aromatic N) is 1. The van der Waals surface area contributed by atoms with Crippen LogP contribution in [0, 0.1) is 0 Å². The summed E-state index contributed by atoms with van der Waals surface area (Å²) in [6.45, 7) is -2.93. The Morgan fingerprint density at radius 1 is 1.17 bits per heavy atom. The van der Waals surface area contributed by atoms with Gasteiger partial charge in [-0.15, -0.1) is 0 Å². The maximum Gasteiger partial charge on any atom is 0.387 e. The molecule has 0 saturated heterocycles. The minimum absolute atomic E-state index is 0.0730. The number of hydrogen-bond donors (Lipinski definition) is 0. The van der Waals surface area contributed by atoms with Crippen molar-refractivity contribution in [2.75, 3.05) is 14.2 Å². The number of rotatable bonds is 5. The minimum atomic E-state index is -2.93. The van der Waals surface area contributed by atoms with Crippen molar-refractivity contribution in [1.82, 2.24) is 4.90 Å². The molecule has 0 atom stereocenters. The zero-order valence-electron chi connectivity index (χ0n) is 13.6. The highest BCUT2D eigenvalue weighted by Gasteiger charge is 2.23. The summed E-state index contributed by atoms with van der Waals surface area (Å²) in [5.41, 5.74) is 0.412. The van der Waals surface area contributed by atoms with Gasteiger partial charge in [0.2, 0.25) is 0 Å². The fourth-order valence-corrected chi connectivity index (χ4v) is 3.01. The third kappa shape index (κ3) is 4.56. The highest BCUT2D eigenvalue weighted by molar-refractivity contribution is 5.95. The van der Waals surface area contributed by atoms with Crippen LogP contribution in [0.1, 0.15) is 48.9 Å². The van der Waals surface area contributed by atoms with E-state index < -0.39 is 6.61 Å². The first kappa shape index (κ1) is 17.5. The van der Waals surface area contributed by atoms with E-state index in [1.165, 1.54) is 38.2 Å². The van der Waals surface area contributed by atoms with Gasteiger partial charge in [-0.25, -0.2) is 0 Å². The largest absolute Gasteiger partial charge is 0.493 e. The molecule has 1 aliphatic rings. The summed E-state index contributed by atoms with van der Waals surface area (Å²) in [5, 5.41) is 0. The first-order valence-corrected chi connectivity index (χ1v) is 7.93. The fraction of sp³-hybridized carbons (Fsp3) is 0.588. The van der Waals surface area contributed by atoms with E-state index in [9.17, 15) is 13.6 Å². The lowest BCUT2D eigenvalue weighted by molar-refractivity contribution is -0.0512. The third-order valence-electron chi connectivity index (χ3n) is 4.32. The SMILES string of the molecule is COc1cc(C(=O)N(C)C2CCCCCC2)ccc1OC(F)F. The molecule has 0 unspecified atom stereocenters. The van der Waals surface area contributed by atoms with Gasteiger partial charge in [-0.05, 0) is 31.0 Å². The third-order valence-corrected chi connectivity index (χ3v) is 4.32. The lowest BCUT2D eigenvalue weighted by Gasteiger charge is -2.27. The number of alkyl halides is 2. The molecule has 0 N–H and O–H groups in total. The number of amides is 1. The molecule has 4 nitrogen and oxygen atoms in total. The van der Waals surface area contributed by atoms with Crippen LogP contribution in [0.5, 0.6) is 11.5 Å². The number of carbonyl (C=O) groups excluding carboxylic acids is 1. The van der Waals surface area contributed by atoms with Gasteiger partial charge < -0.3 is 14.4 Å². The van der Waals surface area contributed by atoms with E-state index in [4.69, 9.17) is 4.74 Å². The van der Waals surface area contributed by atoms with Gasteiger partial charge in [0.15, 0.2) is 11.5 Å². The van der Waals surface area contributed by atoms with Crippen molar-refractivity contribution in [2.45, 2.75) is 51.2 Å². The number of methoxy groups -OCH3 is 1.